The van der Waals surface area contributed by atoms with Crippen molar-refractivity contribution in [2.75, 3.05) is 27.2 Å². The smallest absolute Gasteiger partial charge is 0.208 e. The summed E-state index contributed by atoms with van der Waals surface area (Å²) in [6.45, 7) is 2.33. The van der Waals surface area contributed by atoms with Crippen LogP contribution in [-0.4, -0.2) is 55.0 Å². The van der Waals surface area contributed by atoms with Gasteiger partial charge >= 0.3 is 0 Å². The minimum Gasteiger partial charge on any atom is -0.342 e. The van der Waals surface area contributed by atoms with Crippen LogP contribution in [0.1, 0.15) is 25.7 Å². The second-order valence-electron chi connectivity index (χ2n) is 4.97. The Morgan fingerprint density at radius 3 is 2.44 bits per heavy atom. The van der Waals surface area contributed by atoms with Gasteiger partial charge in [0.15, 0.2) is 0 Å². The first kappa shape index (κ1) is 11.7. The number of piperidine rings is 1. The van der Waals surface area contributed by atoms with E-state index in [1.54, 1.807) is 0 Å². The van der Waals surface area contributed by atoms with Gasteiger partial charge in [-0.3, -0.25) is 5.43 Å². The van der Waals surface area contributed by atoms with E-state index in [0.717, 1.165) is 19.0 Å². The summed E-state index contributed by atoms with van der Waals surface area (Å²) in [6, 6.07) is 1.09. The number of nitrogens with one attached hydrogen (secondary N) is 1. The highest BCUT2D eigenvalue weighted by molar-refractivity contribution is 5.79. The predicted molar refractivity (Wildman–Crippen MR) is 66.1 cm³/mol. The van der Waals surface area contributed by atoms with Gasteiger partial charge in [0.1, 0.15) is 0 Å². The topological polar surface area (TPSA) is 56.9 Å². The van der Waals surface area contributed by atoms with Gasteiger partial charge in [0.25, 0.3) is 0 Å². The monoisotopic (exact) mass is 225 g/mol. The zero-order valence-corrected chi connectivity index (χ0v) is 10.3. The molecule has 0 aromatic rings. The summed E-state index contributed by atoms with van der Waals surface area (Å²) in [6.07, 6.45) is 4.82. The van der Waals surface area contributed by atoms with Gasteiger partial charge in [0.05, 0.1) is 6.04 Å². The van der Waals surface area contributed by atoms with Crippen molar-refractivity contribution in [3.63, 3.8) is 0 Å². The van der Waals surface area contributed by atoms with Crippen LogP contribution in [0.2, 0.25) is 0 Å². The molecule has 1 saturated heterocycles. The average Bonchev–Trinajstić information content (AvgIpc) is 3.10. The lowest BCUT2D eigenvalue weighted by molar-refractivity contribution is 0.189. The van der Waals surface area contributed by atoms with Crippen LogP contribution in [0.4, 0.5) is 0 Å². The molecule has 1 aliphatic heterocycles. The van der Waals surface area contributed by atoms with Gasteiger partial charge in [-0.2, -0.15) is 0 Å². The lowest BCUT2D eigenvalue weighted by atomic mass is 10.0. The molecule has 2 fully saturated rings. The maximum Gasteiger partial charge on any atom is 0.208 e. The van der Waals surface area contributed by atoms with Gasteiger partial charge < -0.3 is 9.80 Å². The number of hydrazine groups is 1. The molecule has 0 aromatic carbocycles. The van der Waals surface area contributed by atoms with Gasteiger partial charge in [0.2, 0.25) is 5.96 Å². The van der Waals surface area contributed by atoms with Gasteiger partial charge in [-0.05, 0) is 45.8 Å². The zero-order valence-electron chi connectivity index (χ0n) is 10.3. The van der Waals surface area contributed by atoms with Gasteiger partial charge in [0, 0.05) is 13.1 Å². The van der Waals surface area contributed by atoms with Crippen LogP contribution >= 0.6 is 0 Å². The molecule has 0 radical (unpaired) electrons. The first-order valence-corrected chi connectivity index (χ1v) is 6.16. The molecule has 3 N–H and O–H groups in total. The first-order chi connectivity index (χ1) is 7.70. The van der Waals surface area contributed by atoms with Crippen LogP contribution in [0.3, 0.4) is 0 Å². The number of guanidine groups is 1. The number of aliphatic imine (C=N–C) groups is 1. The highest BCUT2D eigenvalue weighted by Gasteiger charge is 2.26. The van der Waals surface area contributed by atoms with Crippen molar-refractivity contribution in [2.24, 2.45) is 10.8 Å². The number of likely N-dealkylation sites (tertiary alicyclic amines) is 1. The molecule has 5 heteroatoms. The van der Waals surface area contributed by atoms with E-state index < -0.39 is 0 Å². The minimum atomic E-state index is 0.514. The van der Waals surface area contributed by atoms with Crippen molar-refractivity contribution < 1.29 is 0 Å². The summed E-state index contributed by atoms with van der Waals surface area (Å²) in [5.41, 5.74) is 2.74. The molecule has 0 aromatic heterocycles. The molecule has 16 heavy (non-hydrogen) atoms. The van der Waals surface area contributed by atoms with Gasteiger partial charge in [-0.15, -0.1) is 0 Å². The Labute approximate surface area is 97.7 Å². The van der Waals surface area contributed by atoms with Crippen molar-refractivity contribution in [1.82, 2.24) is 15.2 Å². The Kier molecular flexibility index (Phi) is 3.66. The zero-order chi connectivity index (χ0) is 11.5. The fraction of sp³-hybridized carbons (Fsp3) is 0.909. The van der Waals surface area contributed by atoms with Crippen LogP contribution in [0.15, 0.2) is 4.99 Å². The van der Waals surface area contributed by atoms with Crippen molar-refractivity contribution >= 4 is 5.96 Å². The molecule has 0 spiro atoms. The molecule has 0 atom stereocenters. The highest BCUT2D eigenvalue weighted by atomic mass is 15.4. The predicted octanol–water partition coefficient (Wildman–Crippen LogP) is -0.00590. The van der Waals surface area contributed by atoms with Gasteiger partial charge in [-0.1, -0.05) is 0 Å². The molecular formula is C11H23N5. The Balaban J connectivity index is 1.91. The van der Waals surface area contributed by atoms with E-state index in [9.17, 15) is 0 Å². The third-order valence-electron chi connectivity index (χ3n) is 3.55. The lowest BCUT2D eigenvalue weighted by Crippen LogP contribution is -2.50. The van der Waals surface area contributed by atoms with Crippen molar-refractivity contribution in [3.05, 3.63) is 0 Å². The first-order valence-electron chi connectivity index (χ1n) is 6.16. The Morgan fingerprint density at radius 1 is 1.31 bits per heavy atom. The molecule has 2 rings (SSSR count). The van der Waals surface area contributed by atoms with E-state index in [4.69, 9.17) is 5.84 Å². The van der Waals surface area contributed by atoms with Gasteiger partial charge in [-0.25, -0.2) is 10.8 Å². The van der Waals surface area contributed by atoms with Crippen molar-refractivity contribution in [3.8, 4) is 0 Å². The Bertz CT molecular complexity index is 253. The fourth-order valence-electron chi connectivity index (χ4n) is 2.16. The molecule has 92 valence electrons. The molecule has 0 amide bonds. The minimum absolute atomic E-state index is 0.514. The van der Waals surface area contributed by atoms with E-state index in [-0.39, 0.29) is 0 Å². The third-order valence-corrected chi connectivity index (χ3v) is 3.55. The quantitative estimate of drug-likeness (QED) is 0.300. The number of hydrogen-bond acceptors (Lipinski definition) is 3. The highest BCUT2D eigenvalue weighted by Crippen LogP contribution is 2.24. The van der Waals surface area contributed by atoms with E-state index in [0.29, 0.717) is 12.1 Å². The maximum atomic E-state index is 5.55. The van der Waals surface area contributed by atoms with E-state index in [1.165, 1.54) is 25.7 Å². The second kappa shape index (κ2) is 5.01. The molecule has 1 saturated carbocycles. The normalized spacial score (nSPS) is 24.6. The van der Waals surface area contributed by atoms with Crippen molar-refractivity contribution in [1.29, 1.82) is 0 Å². The summed E-state index contributed by atoms with van der Waals surface area (Å²) in [7, 11) is 4.27. The number of nitrogens with two attached hydrogens (primary N) is 1. The number of rotatable bonds is 2. The summed E-state index contributed by atoms with van der Waals surface area (Å²) < 4.78 is 0. The number of nitrogens with zero attached hydrogens (tertiary/aromatic N) is 3. The third kappa shape index (κ3) is 2.86. The second-order valence-corrected chi connectivity index (χ2v) is 4.97. The molecule has 1 heterocycles. The SMILES string of the molecule is CN1CCC(N(C)C(=NC2CC2)NN)CC1. The largest absolute Gasteiger partial charge is 0.342 e. The maximum absolute atomic E-state index is 5.55. The molecule has 5 nitrogen and oxygen atoms in total. The van der Waals surface area contributed by atoms with E-state index >= 15 is 0 Å². The summed E-state index contributed by atoms with van der Waals surface area (Å²) in [5, 5.41) is 0. The lowest BCUT2D eigenvalue weighted by Gasteiger charge is -2.36. The Morgan fingerprint density at radius 2 is 1.94 bits per heavy atom. The summed E-state index contributed by atoms with van der Waals surface area (Å²) >= 11 is 0. The standard InChI is InChI=1S/C11H23N5/c1-15-7-5-10(6-8-15)16(2)11(14-12)13-9-3-4-9/h9-10H,3-8,12H2,1-2H3,(H,13,14). The van der Waals surface area contributed by atoms with Crippen LogP contribution in [0, 0.1) is 0 Å². The molecule has 0 bridgehead atoms. The molecular weight excluding hydrogens is 202 g/mol. The van der Waals surface area contributed by atoms with Crippen LogP contribution in [0.25, 0.3) is 0 Å². The van der Waals surface area contributed by atoms with Crippen LogP contribution < -0.4 is 11.3 Å². The van der Waals surface area contributed by atoms with E-state index in [1.807, 2.05) is 0 Å². The molecule has 0 unspecified atom stereocenters. The average molecular weight is 225 g/mol. The van der Waals surface area contributed by atoms with Crippen molar-refractivity contribution in [2.45, 2.75) is 37.8 Å². The summed E-state index contributed by atoms with van der Waals surface area (Å²) in [4.78, 5) is 9.18. The van der Waals surface area contributed by atoms with Crippen LogP contribution in [0.5, 0.6) is 0 Å². The summed E-state index contributed by atoms with van der Waals surface area (Å²) in [5.74, 6) is 6.41. The number of hydrogen-bond donors (Lipinski definition) is 2. The van der Waals surface area contributed by atoms with E-state index in [2.05, 4.69) is 34.3 Å². The van der Waals surface area contributed by atoms with Crippen LogP contribution in [-0.2, 0) is 0 Å². The fourth-order valence-corrected chi connectivity index (χ4v) is 2.16. The molecule has 1 aliphatic carbocycles. The molecule has 2 aliphatic rings. The Hall–Kier alpha value is -0.810.